The minimum Gasteiger partial charge on any atom is -0.383 e. The van der Waals surface area contributed by atoms with Crippen molar-refractivity contribution in [3.63, 3.8) is 0 Å². The highest BCUT2D eigenvalue weighted by Crippen LogP contribution is 2.41. The van der Waals surface area contributed by atoms with Crippen LogP contribution in [-0.4, -0.2) is 41.1 Å². The molecule has 2 aromatic heterocycles. The zero-order valence-corrected chi connectivity index (χ0v) is 21.0. The first-order valence-corrected chi connectivity index (χ1v) is 12.6. The first kappa shape index (κ1) is 25.1. The molecule has 0 aromatic carbocycles. The molecule has 2 heterocycles. The van der Waals surface area contributed by atoms with E-state index in [2.05, 4.69) is 40.5 Å². The van der Waals surface area contributed by atoms with Crippen LogP contribution in [0.25, 0.3) is 5.57 Å². The van der Waals surface area contributed by atoms with Crippen molar-refractivity contribution in [3.8, 4) is 6.07 Å². The molecule has 186 valence electrons. The summed E-state index contributed by atoms with van der Waals surface area (Å²) >= 11 is 0. The van der Waals surface area contributed by atoms with Gasteiger partial charge in [-0.2, -0.15) is 5.26 Å². The fourth-order valence-electron chi connectivity index (χ4n) is 5.11. The van der Waals surface area contributed by atoms with Gasteiger partial charge in [0.15, 0.2) is 5.82 Å². The summed E-state index contributed by atoms with van der Waals surface area (Å²) in [5.41, 5.74) is 4.02. The molecule has 1 fully saturated rings. The van der Waals surface area contributed by atoms with Crippen molar-refractivity contribution in [1.29, 1.82) is 5.26 Å². The predicted molar refractivity (Wildman–Crippen MR) is 136 cm³/mol. The molecule has 0 unspecified atom stereocenters. The van der Waals surface area contributed by atoms with Crippen LogP contribution in [0.2, 0.25) is 0 Å². The zero-order valence-electron chi connectivity index (χ0n) is 21.0. The number of ether oxygens (including phenoxy) is 1. The molecular weight excluding hydrogens is 440 g/mol. The van der Waals surface area contributed by atoms with Crippen molar-refractivity contribution in [2.75, 3.05) is 25.6 Å². The Morgan fingerprint density at radius 1 is 1.23 bits per heavy atom. The first-order chi connectivity index (χ1) is 16.9. The molecule has 0 radical (unpaired) electrons. The number of carbonyl (C=O) groups is 1. The van der Waals surface area contributed by atoms with E-state index in [0.29, 0.717) is 12.3 Å². The maximum Gasteiger partial charge on any atom is 0.291 e. The highest BCUT2D eigenvalue weighted by Gasteiger charge is 2.35. The van der Waals surface area contributed by atoms with Crippen molar-refractivity contribution in [3.05, 3.63) is 47.3 Å². The second-order valence-electron chi connectivity index (χ2n) is 10.5. The number of H-pyrrole nitrogens is 1. The number of aromatic nitrogens is 3. The standard InChI is InChI=1S/C27H36N6O2/c1-26(2)13-9-19(10-14-26)23-21(32-25(34)24-29-18-20(17-28)31-24)7-8-22(33-23)27(30-15-16-35-3)11-5-4-6-12-27/h7-9,18,30H,4-6,10-16H2,1-3H3,(H,29,31)(H,32,34). The minimum atomic E-state index is -0.385. The Morgan fingerprint density at radius 3 is 2.69 bits per heavy atom. The molecule has 0 aliphatic heterocycles. The lowest BCUT2D eigenvalue weighted by molar-refractivity contribution is 0.101. The molecule has 8 heteroatoms. The van der Waals surface area contributed by atoms with Gasteiger partial charge in [-0.1, -0.05) is 39.2 Å². The summed E-state index contributed by atoms with van der Waals surface area (Å²) < 4.78 is 5.30. The van der Waals surface area contributed by atoms with Crippen molar-refractivity contribution >= 4 is 17.2 Å². The average molecular weight is 477 g/mol. The van der Waals surface area contributed by atoms with Crippen LogP contribution in [0.1, 0.15) is 92.9 Å². The monoisotopic (exact) mass is 476 g/mol. The molecular formula is C27H36N6O2. The van der Waals surface area contributed by atoms with Gasteiger partial charge in [0, 0.05) is 13.7 Å². The van der Waals surface area contributed by atoms with Crippen molar-refractivity contribution in [2.24, 2.45) is 5.41 Å². The van der Waals surface area contributed by atoms with Gasteiger partial charge in [-0.05, 0) is 55.2 Å². The second kappa shape index (κ2) is 10.7. The van der Waals surface area contributed by atoms with Gasteiger partial charge in [-0.15, -0.1) is 0 Å². The van der Waals surface area contributed by atoms with Crippen LogP contribution in [0.3, 0.4) is 0 Å². The number of aromatic amines is 1. The molecule has 0 saturated heterocycles. The Balaban J connectivity index is 1.70. The number of amides is 1. The number of nitrogens with one attached hydrogen (secondary N) is 3. The Hall–Kier alpha value is -3.02. The molecule has 1 amide bonds. The third-order valence-electron chi connectivity index (χ3n) is 7.30. The van der Waals surface area contributed by atoms with E-state index in [9.17, 15) is 4.79 Å². The summed E-state index contributed by atoms with van der Waals surface area (Å²) in [6.45, 7) is 5.99. The number of allylic oxidation sites excluding steroid dienone is 2. The van der Waals surface area contributed by atoms with Gasteiger partial charge in [0.25, 0.3) is 5.91 Å². The van der Waals surface area contributed by atoms with Gasteiger partial charge in [-0.25, -0.2) is 9.97 Å². The number of methoxy groups -OCH3 is 1. The van der Waals surface area contributed by atoms with Gasteiger partial charge >= 0.3 is 0 Å². The van der Waals surface area contributed by atoms with E-state index in [0.717, 1.165) is 62.9 Å². The molecule has 0 atom stereocenters. The van der Waals surface area contributed by atoms with Crippen molar-refractivity contribution in [1.82, 2.24) is 20.3 Å². The number of imidazole rings is 1. The number of hydrogen-bond acceptors (Lipinski definition) is 6. The number of nitrogens with zero attached hydrogens (tertiary/aromatic N) is 3. The van der Waals surface area contributed by atoms with Crippen LogP contribution >= 0.6 is 0 Å². The van der Waals surface area contributed by atoms with E-state index < -0.39 is 0 Å². The molecule has 35 heavy (non-hydrogen) atoms. The topological polar surface area (TPSA) is 116 Å². The average Bonchev–Trinajstić information content (AvgIpc) is 3.35. The summed E-state index contributed by atoms with van der Waals surface area (Å²) in [7, 11) is 1.72. The molecule has 3 N–H and O–H groups in total. The molecule has 0 bridgehead atoms. The lowest BCUT2D eigenvalue weighted by Gasteiger charge is -2.38. The van der Waals surface area contributed by atoms with Crippen LogP contribution in [0.15, 0.2) is 24.4 Å². The van der Waals surface area contributed by atoms with E-state index >= 15 is 0 Å². The Bertz CT molecular complexity index is 1120. The SMILES string of the molecule is COCCNC1(c2ccc(NC(=O)c3ncc(C#N)[nH]3)c(C3=CCC(C)(C)CC3)n2)CCCCC1. The number of nitriles is 1. The van der Waals surface area contributed by atoms with Crippen LogP contribution < -0.4 is 10.6 Å². The third-order valence-corrected chi connectivity index (χ3v) is 7.30. The van der Waals surface area contributed by atoms with Gasteiger partial charge in [0.1, 0.15) is 11.8 Å². The predicted octanol–water partition coefficient (Wildman–Crippen LogP) is 4.92. The molecule has 4 rings (SSSR count). The first-order valence-electron chi connectivity index (χ1n) is 12.6. The van der Waals surface area contributed by atoms with Crippen molar-refractivity contribution in [2.45, 2.75) is 70.8 Å². The van der Waals surface area contributed by atoms with Gasteiger partial charge in [-0.3, -0.25) is 4.79 Å². The van der Waals surface area contributed by atoms with Gasteiger partial charge in [0.2, 0.25) is 0 Å². The number of hydrogen-bond donors (Lipinski definition) is 3. The lowest BCUT2D eigenvalue weighted by Crippen LogP contribution is -2.46. The van der Waals surface area contributed by atoms with E-state index in [-0.39, 0.29) is 28.4 Å². The van der Waals surface area contributed by atoms with Crippen LogP contribution in [-0.2, 0) is 10.3 Å². The van der Waals surface area contributed by atoms with Gasteiger partial charge in [0.05, 0.1) is 35.4 Å². The van der Waals surface area contributed by atoms with Crippen LogP contribution in [0.5, 0.6) is 0 Å². The summed E-state index contributed by atoms with van der Waals surface area (Å²) in [5, 5.41) is 15.8. The largest absolute Gasteiger partial charge is 0.383 e. The highest BCUT2D eigenvalue weighted by molar-refractivity contribution is 6.03. The Morgan fingerprint density at radius 2 is 2.03 bits per heavy atom. The minimum absolute atomic E-state index is 0.111. The van der Waals surface area contributed by atoms with Crippen molar-refractivity contribution < 1.29 is 9.53 Å². The molecule has 2 aromatic rings. The maximum atomic E-state index is 12.9. The van der Waals surface area contributed by atoms with E-state index in [4.69, 9.17) is 15.0 Å². The lowest BCUT2D eigenvalue weighted by atomic mass is 9.77. The quantitative estimate of drug-likeness (QED) is 0.466. The fraction of sp³-hybridized carbons (Fsp3) is 0.556. The second-order valence-corrected chi connectivity index (χ2v) is 10.5. The number of anilines is 1. The van der Waals surface area contributed by atoms with Crippen LogP contribution in [0.4, 0.5) is 5.69 Å². The molecule has 0 spiro atoms. The Kier molecular flexibility index (Phi) is 7.68. The van der Waals surface area contributed by atoms with Crippen LogP contribution in [0, 0.1) is 16.7 Å². The molecule has 2 aliphatic rings. The summed E-state index contributed by atoms with van der Waals surface area (Å²) in [6.07, 6.45) is 12.2. The summed E-state index contributed by atoms with van der Waals surface area (Å²) in [6, 6.07) is 5.98. The van der Waals surface area contributed by atoms with E-state index in [1.807, 2.05) is 18.2 Å². The molecule has 8 nitrogen and oxygen atoms in total. The normalized spacial score (nSPS) is 19.0. The molecule has 2 aliphatic carbocycles. The zero-order chi connectivity index (χ0) is 24.9. The maximum absolute atomic E-state index is 12.9. The third kappa shape index (κ3) is 5.80. The Labute approximate surface area is 207 Å². The number of rotatable bonds is 8. The van der Waals surface area contributed by atoms with E-state index in [1.54, 1.807) is 7.11 Å². The smallest absolute Gasteiger partial charge is 0.291 e. The number of pyridine rings is 1. The van der Waals surface area contributed by atoms with E-state index in [1.165, 1.54) is 18.2 Å². The fourth-order valence-corrected chi connectivity index (χ4v) is 5.11. The highest BCUT2D eigenvalue weighted by atomic mass is 16.5. The molecule has 1 saturated carbocycles. The number of carbonyl (C=O) groups excluding carboxylic acids is 1. The summed E-state index contributed by atoms with van der Waals surface area (Å²) in [4.78, 5) is 24.9. The summed E-state index contributed by atoms with van der Waals surface area (Å²) in [5.74, 6) is -0.273. The van der Waals surface area contributed by atoms with Gasteiger partial charge < -0.3 is 20.4 Å².